The lowest BCUT2D eigenvalue weighted by Crippen LogP contribution is -2.35. The maximum absolute atomic E-state index is 12.4. The van der Waals surface area contributed by atoms with Crippen molar-refractivity contribution in [1.29, 1.82) is 0 Å². The molecular formula is C15H23IN2O. The summed E-state index contributed by atoms with van der Waals surface area (Å²) in [5.41, 5.74) is 7.93. The first kappa shape index (κ1) is 16.4. The molecule has 4 heteroatoms. The van der Waals surface area contributed by atoms with Crippen molar-refractivity contribution in [3.63, 3.8) is 0 Å². The number of hydrogen-bond donors (Lipinski definition) is 1. The Hall–Kier alpha value is -0.620. The molecule has 0 saturated carbocycles. The van der Waals surface area contributed by atoms with E-state index in [2.05, 4.69) is 36.4 Å². The Kier molecular flexibility index (Phi) is 6.26. The molecule has 0 aliphatic rings. The molecule has 0 aliphatic carbocycles. The van der Waals surface area contributed by atoms with Gasteiger partial charge in [-0.2, -0.15) is 0 Å². The largest absolute Gasteiger partial charge is 0.342 e. The normalized spacial score (nSPS) is 12.6. The van der Waals surface area contributed by atoms with Crippen LogP contribution in [0.2, 0.25) is 0 Å². The fourth-order valence-corrected chi connectivity index (χ4v) is 2.39. The molecule has 0 fully saturated rings. The Balaban J connectivity index is 2.69. The molecule has 3 nitrogen and oxygen atoms in total. The average molecular weight is 374 g/mol. The van der Waals surface area contributed by atoms with Gasteiger partial charge >= 0.3 is 0 Å². The van der Waals surface area contributed by atoms with Crippen molar-refractivity contribution in [1.82, 2.24) is 4.90 Å². The molecule has 19 heavy (non-hydrogen) atoms. The monoisotopic (exact) mass is 374 g/mol. The highest BCUT2D eigenvalue weighted by Gasteiger charge is 2.17. The molecule has 0 saturated heterocycles. The highest BCUT2D eigenvalue weighted by atomic mass is 127. The zero-order chi connectivity index (χ0) is 14.6. The Bertz CT molecular complexity index is 446. The number of benzene rings is 1. The summed E-state index contributed by atoms with van der Waals surface area (Å²) in [7, 11) is 1.84. The number of halogens is 1. The maximum Gasteiger partial charge on any atom is 0.254 e. The number of carbonyl (C=O) groups excluding carboxylic acids is 1. The molecule has 1 amide bonds. The van der Waals surface area contributed by atoms with Crippen molar-refractivity contribution in [2.45, 2.75) is 33.2 Å². The first-order valence-corrected chi connectivity index (χ1v) is 7.68. The molecule has 0 aromatic heterocycles. The zero-order valence-electron chi connectivity index (χ0n) is 12.1. The summed E-state index contributed by atoms with van der Waals surface area (Å²) in [6.45, 7) is 6.93. The minimum absolute atomic E-state index is 0.0732. The van der Waals surface area contributed by atoms with E-state index in [4.69, 9.17) is 5.73 Å². The predicted octanol–water partition coefficient (Wildman–Crippen LogP) is 3.05. The van der Waals surface area contributed by atoms with Crippen LogP contribution in [0.3, 0.4) is 0 Å². The number of rotatable bonds is 5. The van der Waals surface area contributed by atoms with E-state index in [9.17, 15) is 4.79 Å². The number of aryl methyl sites for hydroxylation is 1. The Morgan fingerprint density at radius 1 is 1.42 bits per heavy atom. The summed E-state index contributed by atoms with van der Waals surface area (Å²) in [4.78, 5) is 14.1. The van der Waals surface area contributed by atoms with E-state index in [1.165, 1.54) is 0 Å². The van der Waals surface area contributed by atoms with Crippen molar-refractivity contribution in [2.75, 3.05) is 13.6 Å². The highest BCUT2D eigenvalue weighted by Crippen LogP contribution is 2.18. The third kappa shape index (κ3) is 4.45. The molecule has 1 aromatic rings. The van der Waals surface area contributed by atoms with Gasteiger partial charge < -0.3 is 10.6 Å². The van der Waals surface area contributed by atoms with Gasteiger partial charge in [0.05, 0.1) is 5.56 Å². The van der Waals surface area contributed by atoms with Gasteiger partial charge in [0.2, 0.25) is 0 Å². The lowest BCUT2D eigenvalue weighted by molar-refractivity contribution is 0.0788. The fraction of sp³-hybridized carbons (Fsp3) is 0.533. The van der Waals surface area contributed by atoms with E-state index in [0.717, 1.165) is 21.1 Å². The highest BCUT2D eigenvalue weighted by molar-refractivity contribution is 14.1. The second-order valence-electron chi connectivity index (χ2n) is 5.36. The lowest BCUT2D eigenvalue weighted by Gasteiger charge is -2.22. The predicted molar refractivity (Wildman–Crippen MR) is 88.3 cm³/mol. The third-order valence-corrected chi connectivity index (χ3v) is 4.85. The summed E-state index contributed by atoms with van der Waals surface area (Å²) in [6.07, 6.45) is 0.836. The Morgan fingerprint density at radius 2 is 2.05 bits per heavy atom. The SMILES string of the molecule is Cc1cccc(C(=O)N(C)CCC(N)C(C)C)c1I. The van der Waals surface area contributed by atoms with Crippen LogP contribution in [0.1, 0.15) is 36.2 Å². The molecule has 1 aromatic carbocycles. The van der Waals surface area contributed by atoms with Crippen LogP contribution < -0.4 is 5.73 Å². The van der Waals surface area contributed by atoms with Gasteiger partial charge in [0.15, 0.2) is 0 Å². The van der Waals surface area contributed by atoms with E-state index in [1.54, 1.807) is 4.90 Å². The van der Waals surface area contributed by atoms with Gasteiger partial charge in [0.25, 0.3) is 5.91 Å². The van der Waals surface area contributed by atoms with Crippen LogP contribution in [0.25, 0.3) is 0 Å². The minimum atomic E-state index is 0.0732. The number of nitrogens with two attached hydrogens (primary N) is 1. The van der Waals surface area contributed by atoms with Gasteiger partial charge in [-0.1, -0.05) is 26.0 Å². The summed E-state index contributed by atoms with van der Waals surface area (Å²) in [6, 6.07) is 5.98. The van der Waals surface area contributed by atoms with Crippen molar-refractivity contribution in [3.8, 4) is 0 Å². The topological polar surface area (TPSA) is 46.3 Å². The Morgan fingerprint density at radius 3 is 2.63 bits per heavy atom. The van der Waals surface area contributed by atoms with Crippen LogP contribution in [0, 0.1) is 16.4 Å². The van der Waals surface area contributed by atoms with E-state index < -0.39 is 0 Å². The van der Waals surface area contributed by atoms with E-state index >= 15 is 0 Å². The second-order valence-corrected chi connectivity index (χ2v) is 6.44. The smallest absolute Gasteiger partial charge is 0.254 e. The molecular weight excluding hydrogens is 351 g/mol. The van der Waals surface area contributed by atoms with Crippen molar-refractivity contribution < 1.29 is 4.79 Å². The molecule has 0 radical (unpaired) electrons. The quantitative estimate of drug-likeness (QED) is 0.806. The molecule has 1 rings (SSSR count). The van der Waals surface area contributed by atoms with Crippen molar-refractivity contribution >= 4 is 28.5 Å². The minimum Gasteiger partial charge on any atom is -0.342 e. The van der Waals surface area contributed by atoms with E-state index in [-0.39, 0.29) is 11.9 Å². The second kappa shape index (κ2) is 7.24. The van der Waals surface area contributed by atoms with E-state index in [0.29, 0.717) is 12.5 Å². The molecule has 0 heterocycles. The van der Waals surface area contributed by atoms with Crippen LogP contribution in [0.15, 0.2) is 18.2 Å². The van der Waals surface area contributed by atoms with Crippen molar-refractivity contribution in [2.24, 2.45) is 11.7 Å². The third-order valence-electron chi connectivity index (χ3n) is 3.42. The van der Waals surface area contributed by atoms with Crippen LogP contribution in [0.5, 0.6) is 0 Å². The molecule has 2 N–H and O–H groups in total. The summed E-state index contributed by atoms with van der Waals surface area (Å²) < 4.78 is 1.03. The summed E-state index contributed by atoms with van der Waals surface area (Å²) in [5, 5.41) is 0. The lowest BCUT2D eigenvalue weighted by atomic mass is 10.0. The first-order chi connectivity index (χ1) is 8.84. The molecule has 1 atom stereocenters. The van der Waals surface area contributed by atoms with Gasteiger partial charge in [-0.05, 0) is 53.5 Å². The van der Waals surface area contributed by atoms with Gasteiger partial charge in [0, 0.05) is 23.2 Å². The standard InChI is InChI=1S/C15H23IN2O/c1-10(2)13(17)8-9-18(4)15(19)12-7-5-6-11(3)14(12)16/h5-7,10,13H,8-9,17H2,1-4H3. The van der Waals surface area contributed by atoms with Gasteiger partial charge in [-0.15, -0.1) is 0 Å². The number of hydrogen-bond acceptors (Lipinski definition) is 2. The van der Waals surface area contributed by atoms with Crippen molar-refractivity contribution in [3.05, 3.63) is 32.9 Å². The zero-order valence-corrected chi connectivity index (χ0v) is 14.3. The average Bonchev–Trinajstić information content (AvgIpc) is 2.37. The maximum atomic E-state index is 12.4. The molecule has 0 bridgehead atoms. The number of nitrogens with zero attached hydrogens (tertiary/aromatic N) is 1. The molecule has 1 unspecified atom stereocenters. The summed E-state index contributed by atoms with van der Waals surface area (Å²) in [5.74, 6) is 0.520. The number of carbonyl (C=O) groups is 1. The van der Waals surface area contributed by atoms with Crippen LogP contribution in [0.4, 0.5) is 0 Å². The molecule has 0 aliphatic heterocycles. The summed E-state index contributed by atoms with van der Waals surface area (Å²) >= 11 is 2.23. The first-order valence-electron chi connectivity index (χ1n) is 6.60. The number of amides is 1. The molecule has 106 valence electrons. The molecule has 0 spiro atoms. The van der Waals surface area contributed by atoms with Crippen LogP contribution in [-0.2, 0) is 0 Å². The van der Waals surface area contributed by atoms with Crippen LogP contribution in [-0.4, -0.2) is 30.4 Å². The van der Waals surface area contributed by atoms with Gasteiger partial charge in [0.1, 0.15) is 0 Å². The Labute approximate surface area is 129 Å². The van der Waals surface area contributed by atoms with E-state index in [1.807, 2.05) is 32.2 Å². The van der Waals surface area contributed by atoms with Crippen LogP contribution >= 0.6 is 22.6 Å². The van der Waals surface area contributed by atoms with Gasteiger partial charge in [-0.25, -0.2) is 0 Å². The van der Waals surface area contributed by atoms with Gasteiger partial charge in [-0.3, -0.25) is 4.79 Å². The fourth-order valence-electron chi connectivity index (χ4n) is 1.80.